The molecular formula is C26H29NO3. The molecule has 2 aromatic rings. The van der Waals surface area contributed by atoms with E-state index in [2.05, 4.69) is 42.4 Å². The molecule has 0 radical (unpaired) electrons. The van der Waals surface area contributed by atoms with Gasteiger partial charge in [-0.3, -0.25) is 4.79 Å². The third kappa shape index (κ3) is 3.13. The van der Waals surface area contributed by atoms with Crippen molar-refractivity contribution >= 4 is 11.5 Å². The zero-order valence-corrected chi connectivity index (χ0v) is 17.8. The van der Waals surface area contributed by atoms with Crippen LogP contribution in [0.25, 0.3) is 0 Å². The van der Waals surface area contributed by atoms with Crippen LogP contribution in [-0.4, -0.2) is 18.6 Å². The SMILES string of the molecule is CO/N=C1\C[C@H]2[C@@H]3CCc4cc(OCc5ccccc5)ccc4[C@H]3CC[C@]2(C)C1=O. The maximum absolute atomic E-state index is 13.0. The first-order valence-electron chi connectivity index (χ1n) is 11.0. The molecule has 0 N–H and O–H groups in total. The van der Waals surface area contributed by atoms with E-state index in [9.17, 15) is 4.79 Å². The second kappa shape index (κ2) is 7.57. The van der Waals surface area contributed by atoms with Gasteiger partial charge in [0.05, 0.1) is 0 Å². The van der Waals surface area contributed by atoms with Crippen molar-refractivity contribution in [2.45, 2.75) is 51.6 Å². The molecule has 4 heteroatoms. The minimum atomic E-state index is -0.269. The highest BCUT2D eigenvalue weighted by Crippen LogP contribution is 2.59. The van der Waals surface area contributed by atoms with E-state index in [1.54, 1.807) is 0 Å². The molecule has 2 fully saturated rings. The Morgan fingerprint density at radius 3 is 2.77 bits per heavy atom. The normalized spacial score (nSPS) is 31.1. The Balaban J connectivity index is 1.36. The highest BCUT2D eigenvalue weighted by molar-refractivity contribution is 6.43. The lowest BCUT2D eigenvalue weighted by atomic mass is 9.55. The third-order valence-electron chi connectivity index (χ3n) is 7.73. The fourth-order valence-electron chi connectivity index (χ4n) is 6.19. The molecule has 0 bridgehead atoms. The number of fused-ring (bicyclic) bond motifs is 5. The lowest BCUT2D eigenvalue weighted by molar-refractivity contribution is -0.125. The number of ether oxygens (including phenoxy) is 1. The average molecular weight is 404 g/mol. The lowest BCUT2D eigenvalue weighted by Crippen LogP contribution is -2.42. The summed E-state index contributed by atoms with van der Waals surface area (Å²) in [4.78, 5) is 17.9. The second-order valence-electron chi connectivity index (χ2n) is 9.26. The van der Waals surface area contributed by atoms with Crippen LogP contribution in [0.3, 0.4) is 0 Å². The Labute approximate surface area is 178 Å². The second-order valence-corrected chi connectivity index (χ2v) is 9.26. The minimum absolute atomic E-state index is 0.211. The van der Waals surface area contributed by atoms with E-state index in [4.69, 9.17) is 9.57 Å². The molecule has 3 aliphatic rings. The van der Waals surface area contributed by atoms with Gasteiger partial charge in [0.25, 0.3) is 0 Å². The van der Waals surface area contributed by atoms with Crippen molar-refractivity contribution in [3.63, 3.8) is 0 Å². The molecule has 0 aromatic heterocycles. The number of ketones is 1. The van der Waals surface area contributed by atoms with E-state index < -0.39 is 0 Å². The summed E-state index contributed by atoms with van der Waals surface area (Å²) in [6.07, 6.45) is 4.95. The minimum Gasteiger partial charge on any atom is -0.489 e. The summed E-state index contributed by atoms with van der Waals surface area (Å²) in [6.45, 7) is 2.75. The monoisotopic (exact) mass is 403 g/mol. The first kappa shape index (κ1) is 19.3. The van der Waals surface area contributed by atoms with Crippen LogP contribution in [0.5, 0.6) is 5.75 Å². The summed E-state index contributed by atoms with van der Waals surface area (Å²) in [5.41, 5.74) is 4.43. The number of benzene rings is 2. The number of aryl methyl sites for hydroxylation is 1. The van der Waals surface area contributed by atoms with Crippen LogP contribution < -0.4 is 4.74 Å². The smallest absolute Gasteiger partial charge is 0.186 e. The Bertz CT molecular complexity index is 983. The van der Waals surface area contributed by atoms with Gasteiger partial charge in [-0.2, -0.15) is 0 Å². The Morgan fingerprint density at radius 2 is 1.97 bits per heavy atom. The Hall–Kier alpha value is -2.62. The molecule has 3 aliphatic carbocycles. The van der Waals surface area contributed by atoms with Gasteiger partial charge in [0, 0.05) is 11.8 Å². The van der Waals surface area contributed by atoms with Crippen molar-refractivity contribution in [1.82, 2.24) is 0 Å². The summed E-state index contributed by atoms with van der Waals surface area (Å²) in [5, 5.41) is 4.06. The van der Waals surface area contributed by atoms with Crippen LogP contribution in [0.1, 0.15) is 55.2 Å². The van der Waals surface area contributed by atoms with Crippen LogP contribution in [0.2, 0.25) is 0 Å². The Kier molecular flexibility index (Phi) is 4.88. The molecule has 2 aromatic carbocycles. The number of Topliss-reactive ketones (excluding diaryl/α,β-unsaturated/α-hetero) is 1. The number of hydrogen-bond donors (Lipinski definition) is 0. The molecule has 0 unspecified atom stereocenters. The van der Waals surface area contributed by atoms with Gasteiger partial charge in [0.15, 0.2) is 5.78 Å². The molecule has 0 saturated heterocycles. The van der Waals surface area contributed by atoms with Crippen LogP contribution in [0, 0.1) is 17.3 Å². The average Bonchev–Trinajstić information content (AvgIpc) is 3.03. The summed E-state index contributed by atoms with van der Waals surface area (Å²) >= 11 is 0. The van der Waals surface area contributed by atoms with Gasteiger partial charge in [-0.05, 0) is 72.3 Å². The zero-order valence-electron chi connectivity index (χ0n) is 17.8. The van der Waals surface area contributed by atoms with Crippen LogP contribution in [0.15, 0.2) is 53.7 Å². The van der Waals surface area contributed by atoms with Gasteiger partial charge >= 0.3 is 0 Å². The summed E-state index contributed by atoms with van der Waals surface area (Å²) in [6, 6.07) is 16.9. The number of carbonyl (C=O) groups is 1. The van der Waals surface area contributed by atoms with Crippen molar-refractivity contribution in [3.8, 4) is 5.75 Å². The van der Waals surface area contributed by atoms with Crippen molar-refractivity contribution in [3.05, 3.63) is 65.2 Å². The van der Waals surface area contributed by atoms with E-state index in [-0.39, 0.29) is 11.2 Å². The highest BCUT2D eigenvalue weighted by Gasteiger charge is 2.57. The maximum Gasteiger partial charge on any atom is 0.186 e. The summed E-state index contributed by atoms with van der Waals surface area (Å²) in [5.74, 6) is 2.61. The molecule has 5 rings (SSSR count). The fourth-order valence-corrected chi connectivity index (χ4v) is 6.19. The molecule has 0 heterocycles. The Morgan fingerprint density at radius 1 is 1.13 bits per heavy atom. The van der Waals surface area contributed by atoms with E-state index in [1.165, 1.54) is 23.8 Å². The lowest BCUT2D eigenvalue weighted by Gasteiger charge is -2.47. The van der Waals surface area contributed by atoms with Gasteiger partial charge in [-0.25, -0.2) is 0 Å². The topological polar surface area (TPSA) is 47.9 Å². The molecule has 30 heavy (non-hydrogen) atoms. The van der Waals surface area contributed by atoms with Crippen molar-refractivity contribution in [2.24, 2.45) is 22.4 Å². The first-order chi connectivity index (χ1) is 14.6. The molecule has 156 valence electrons. The number of oxime groups is 1. The summed E-state index contributed by atoms with van der Waals surface area (Å²) in [7, 11) is 1.53. The summed E-state index contributed by atoms with van der Waals surface area (Å²) < 4.78 is 6.06. The van der Waals surface area contributed by atoms with Crippen molar-refractivity contribution in [2.75, 3.05) is 7.11 Å². The molecule has 4 nitrogen and oxygen atoms in total. The van der Waals surface area contributed by atoms with Gasteiger partial charge in [0.2, 0.25) is 0 Å². The molecule has 2 saturated carbocycles. The molecule has 0 spiro atoms. The molecular weight excluding hydrogens is 374 g/mol. The van der Waals surface area contributed by atoms with Crippen molar-refractivity contribution in [1.29, 1.82) is 0 Å². The van der Waals surface area contributed by atoms with Gasteiger partial charge in [-0.15, -0.1) is 0 Å². The zero-order chi connectivity index (χ0) is 20.7. The largest absolute Gasteiger partial charge is 0.489 e. The van der Waals surface area contributed by atoms with Gasteiger partial charge in [-0.1, -0.05) is 48.5 Å². The van der Waals surface area contributed by atoms with Gasteiger partial charge < -0.3 is 9.57 Å². The number of hydrogen-bond acceptors (Lipinski definition) is 4. The molecule has 0 aliphatic heterocycles. The molecule has 4 atom stereocenters. The van der Waals surface area contributed by atoms with E-state index >= 15 is 0 Å². The van der Waals surface area contributed by atoms with E-state index in [0.717, 1.165) is 37.9 Å². The van der Waals surface area contributed by atoms with Crippen LogP contribution >= 0.6 is 0 Å². The number of carbonyl (C=O) groups excluding carboxylic acids is 1. The predicted molar refractivity (Wildman–Crippen MR) is 117 cm³/mol. The van der Waals surface area contributed by atoms with Crippen LogP contribution in [0.4, 0.5) is 0 Å². The molecule has 0 amide bonds. The number of nitrogens with zero attached hydrogens (tertiary/aromatic N) is 1. The first-order valence-corrected chi connectivity index (χ1v) is 11.0. The standard InChI is InChI=1S/C26H29NO3/c1-26-13-12-21-20-11-9-19(30-16-17-6-4-3-5-7-17)14-18(20)8-10-22(21)23(26)15-24(25(26)28)27-29-2/h3-7,9,11,14,21-23H,8,10,12-13,15-16H2,1-2H3/b27-24+/t21-,22-,23+,26+/m1/s1. The van der Waals surface area contributed by atoms with Gasteiger partial charge in [0.1, 0.15) is 25.2 Å². The number of rotatable bonds is 4. The fraction of sp³-hybridized carbons (Fsp3) is 0.462. The van der Waals surface area contributed by atoms with E-state index in [0.29, 0.717) is 30.1 Å². The van der Waals surface area contributed by atoms with E-state index in [1.807, 2.05) is 18.2 Å². The predicted octanol–water partition coefficient (Wildman–Crippen LogP) is 5.30. The third-order valence-corrected chi connectivity index (χ3v) is 7.73. The van der Waals surface area contributed by atoms with Crippen LogP contribution in [-0.2, 0) is 22.7 Å². The quantitative estimate of drug-likeness (QED) is 0.651. The maximum atomic E-state index is 13.0. The highest BCUT2D eigenvalue weighted by atomic mass is 16.6. The van der Waals surface area contributed by atoms with Crippen molar-refractivity contribution < 1.29 is 14.4 Å².